The van der Waals surface area contributed by atoms with E-state index in [1.54, 1.807) is 11.6 Å². The summed E-state index contributed by atoms with van der Waals surface area (Å²) in [6.45, 7) is 6.07. The van der Waals surface area contributed by atoms with Gasteiger partial charge in [0.1, 0.15) is 0 Å². The van der Waals surface area contributed by atoms with Crippen molar-refractivity contribution in [3.63, 3.8) is 0 Å². The van der Waals surface area contributed by atoms with Crippen LogP contribution in [0.1, 0.15) is 30.9 Å². The Labute approximate surface area is 72.8 Å². The summed E-state index contributed by atoms with van der Waals surface area (Å²) in [7, 11) is 1.79. The van der Waals surface area contributed by atoms with Crippen LogP contribution in [0, 0.1) is 6.92 Å². The first kappa shape index (κ1) is 9.04. The van der Waals surface area contributed by atoms with Crippen LogP contribution in [0.2, 0.25) is 0 Å². The van der Waals surface area contributed by atoms with Crippen LogP contribution >= 0.6 is 0 Å². The van der Waals surface area contributed by atoms with Crippen molar-refractivity contribution in [3.05, 3.63) is 33.7 Å². The van der Waals surface area contributed by atoms with E-state index in [1.807, 2.05) is 33.0 Å². The molecule has 1 rings (SSSR count). The van der Waals surface area contributed by atoms with Gasteiger partial charge in [-0.1, -0.05) is 13.8 Å². The van der Waals surface area contributed by atoms with Crippen molar-refractivity contribution in [1.29, 1.82) is 0 Å². The van der Waals surface area contributed by atoms with Crippen LogP contribution in [-0.2, 0) is 7.05 Å². The van der Waals surface area contributed by atoms with Crippen LogP contribution in [-0.4, -0.2) is 4.57 Å². The molecule has 0 fully saturated rings. The Balaban J connectivity index is 3.44. The van der Waals surface area contributed by atoms with E-state index in [2.05, 4.69) is 0 Å². The predicted molar refractivity (Wildman–Crippen MR) is 50.5 cm³/mol. The molecule has 0 radical (unpaired) electrons. The zero-order chi connectivity index (χ0) is 9.30. The van der Waals surface area contributed by atoms with Gasteiger partial charge >= 0.3 is 0 Å². The van der Waals surface area contributed by atoms with Crippen molar-refractivity contribution < 1.29 is 0 Å². The van der Waals surface area contributed by atoms with Crippen molar-refractivity contribution in [3.8, 4) is 0 Å². The highest BCUT2D eigenvalue weighted by molar-refractivity contribution is 5.25. The van der Waals surface area contributed by atoms with E-state index in [0.717, 1.165) is 11.1 Å². The van der Waals surface area contributed by atoms with Gasteiger partial charge in [-0.25, -0.2) is 0 Å². The maximum atomic E-state index is 11.6. The summed E-state index contributed by atoms with van der Waals surface area (Å²) < 4.78 is 1.63. The molecular weight excluding hydrogens is 150 g/mol. The Morgan fingerprint density at radius 3 is 2.42 bits per heavy atom. The van der Waals surface area contributed by atoms with E-state index in [4.69, 9.17) is 0 Å². The van der Waals surface area contributed by atoms with Gasteiger partial charge in [-0.3, -0.25) is 4.79 Å². The number of aryl methyl sites for hydroxylation is 2. The molecule has 0 spiro atoms. The van der Waals surface area contributed by atoms with Gasteiger partial charge < -0.3 is 4.57 Å². The monoisotopic (exact) mass is 165 g/mol. The molecular formula is C10H15NO. The average molecular weight is 165 g/mol. The quantitative estimate of drug-likeness (QED) is 0.622. The molecule has 2 nitrogen and oxygen atoms in total. The van der Waals surface area contributed by atoms with E-state index in [1.165, 1.54) is 0 Å². The fourth-order valence-corrected chi connectivity index (χ4v) is 1.44. The number of pyridine rings is 1. The summed E-state index contributed by atoms with van der Waals surface area (Å²) in [6, 6.07) is 1.98. The van der Waals surface area contributed by atoms with Crippen LogP contribution in [0.25, 0.3) is 0 Å². The minimum Gasteiger partial charge on any atom is -0.318 e. The van der Waals surface area contributed by atoms with E-state index >= 15 is 0 Å². The van der Waals surface area contributed by atoms with E-state index in [-0.39, 0.29) is 5.56 Å². The summed E-state index contributed by atoms with van der Waals surface area (Å²) in [6.07, 6.45) is 1.81. The fourth-order valence-electron chi connectivity index (χ4n) is 1.44. The fraction of sp³-hybridized carbons (Fsp3) is 0.500. The molecule has 1 aromatic heterocycles. The topological polar surface area (TPSA) is 22.0 Å². The van der Waals surface area contributed by atoms with Gasteiger partial charge in [0.2, 0.25) is 0 Å². The summed E-state index contributed by atoms with van der Waals surface area (Å²) in [5.41, 5.74) is 2.15. The van der Waals surface area contributed by atoms with E-state index in [0.29, 0.717) is 5.92 Å². The highest BCUT2D eigenvalue weighted by atomic mass is 16.1. The minimum atomic E-state index is 0.130. The van der Waals surface area contributed by atoms with Crippen molar-refractivity contribution in [2.45, 2.75) is 26.7 Å². The molecule has 0 N–H and O–H groups in total. The lowest BCUT2D eigenvalue weighted by molar-refractivity contribution is 0.771. The van der Waals surface area contributed by atoms with Crippen LogP contribution in [0.5, 0.6) is 0 Å². The number of aromatic nitrogens is 1. The van der Waals surface area contributed by atoms with Gasteiger partial charge in [-0.2, -0.15) is 0 Å². The summed E-state index contributed by atoms with van der Waals surface area (Å²) >= 11 is 0. The van der Waals surface area contributed by atoms with Crippen molar-refractivity contribution in [2.75, 3.05) is 0 Å². The van der Waals surface area contributed by atoms with Crippen LogP contribution in [0.3, 0.4) is 0 Å². The number of hydrogen-bond donors (Lipinski definition) is 0. The minimum absolute atomic E-state index is 0.130. The van der Waals surface area contributed by atoms with Crippen molar-refractivity contribution >= 4 is 0 Å². The van der Waals surface area contributed by atoms with E-state index in [9.17, 15) is 4.79 Å². The van der Waals surface area contributed by atoms with Crippen LogP contribution in [0.4, 0.5) is 0 Å². The van der Waals surface area contributed by atoms with Crippen LogP contribution in [0.15, 0.2) is 17.1 Å². The van der Waals surface area contributed by atoms with E-state index < -0.39 is 0 Å². The highest BCUT2D eigenvalue weighted by Crippen LogP contribution is 2.13. The molecule has 0 saturated heterocycles. The molecule has 0 atom stereocenters. The Kier molecular flexibility index (Phi) is 2.36. The zero-order valence-corrected chi connectivity index (χ0v) is 8.09. The van der Waals surface area contributed by atoms with Gasteiger partial charge in [-0.05, 0) is 24.5 Å². The molecule has 0 bridgehead atoms. The molecule has 0 saturated carbocycles. The number of rotatable bonds is 1. The molecule has 0 aromatic carbocycles. The lowest BCUT2D eigenvalue weighted by Crippen LogP contribution is -2.22. The largest absolute Gasteiger partial charge is 0.318 e. The van der Waals surface area contributed by atoms with Crippen LogP contribution < -0.4 is 5.56 Å². The van der Waals surface area contributed by atoms with Gasteiger partial charge in [0.15, 0.2) is 0 Å². The molecule has 2 heteroatoms. The molecule has 1 heterocycles. The summed E-state index contributed by atoms with van der Waals surface area (Å²) in [4.78, 5) is 11.6. The molecule has 1 aromatic rings. The second kappa shape index (κ2) is 3.13. The third-order valence-electron chi connectivity index (χ3n) is 2.10. The molecule has 0 aliphatic carbocycles. The molecule has 0 aliphatic rings. The second-order valence-corrected chi connectivity index (χ2v) is 3.48. The third-order valence-corrected chi connectivity index (χ3v) is 2.10. The maximum Gasteiger partial charge on any atom is 0.253 e. The van der Waals surface area contributed by atoms with Gasteiger partial charge in [-0.15, -0.1) is 0 Å². The number of nitrogens with zero attached hydrogens (tertiary/aromatic N) is 1. The second-order valence-electron chi connectivity index (χ2n) is 3.48. The highest BCUT2D eigenvalue weighted by Gasteiger charge is 2.08. The zero-order valence-electron chi connectivity index (χ0n) is 8.09. The normalized spacial score (nSPS) is 10.8. The first-order valence-corrected chi connectivity index (χ1v) is 4.20. The predicted octanol–water partition coefficient (Wildman–Crippen LogP) is 1.82. The lowest BCUT2D eigenvalue weighted by atomic mass is 10.0. The molecule has 0 aliphatic heterocycles. The van der Waals surface area contributed by atoms with Gasteiger partial charge in [0.25, 0.3) is 5.56 Å². The smallest absolute Gasteiger partial charge is 0.253 e. The number of hydrogen-bond acceptors (Lipinski definition) is 1. The molecule has 0 amide bonds. The SMILES string of the molecule is Cc1ccn(C)c(=O)c1C(C)C. The average Bonchev–Trinajstić information content (AvgIpc) is 1.97. The third kappa shape index (κ3) is 1.42. The van der Waals surface area contributed by atoms with Gasteiger partial charge in [0, 0.05) is 18.8 Å². The lowest BCUT2D eigenvalue weighted by Gasteiger charge is -2.09. The molecule has 0 unspecified atom stereocenters. The molecule has 12 heavy (non-hydrogen) atoms. The first-order valence-electron chi connectivity index (χ1n) is 4.20. The Morgan fingerprint density at radius 1 is 1.42 bits per heavy atom. The molecule has 66 valence electrons. The first-order chi connectivity index (χ1) is 5.54. The Morgan fingerprint density at radius 2 is 2.00 bits per heavy atom. The van der Waals surface area contributed by atoms with Gasteiger partial charge in [0.05, 0.1) is 0 Å². The van der Waals surface area contributed by atoms with Crippen molar-refractivity contribution in [1.82, 2.24) is 4.57 Å². The Hall–Kier alpha value is -1.05. The Bertz CT molecular complexity index is 336. The maximum absolute atomic E-state index is 11.6. The summed E-state index contributed by atoms with van der Waals surface area (Å²) in [5.74, 6) is 0.310. The van der Waals surface area contributed by atoms with Crippen molar-refractivity contribution in [2.24, 2.45) is 7.05 Å². The standard InChI is InChI=1S/C10H15NO/c1-7(2)9-8(3)5-6-11(4)10(9)12/h5-7H,1-4H3. The summed E-state index contributed by atoms with van der Waals surface area (Å²) in [5, 5.41) is 0.